The van der Waals surface area contributed by atoms with Crippen LogP contribution in [0.3, 0.4) is 0 Å². The van der Waals surface area contributed by atoms with Crippen LogP contribution in [0.1, 0.15) is 30.6 Å². The first kappa shape index (κ1) is 18.2. The molecule has 2 rings (SSSR count). The molecule has 0 radical (unpaired) electrons. The fourth-order valence-electron chi connectivity index (χ4n) is 2.54. The summed E-state index contributed by atoms with van der Waals surface area (Å²) in [5, 5.41) is 0. The van der Waals surface area contributed by atoms with Crippen LogP contribution in [-0.2, 0) is 25.6 Å². The highest BCUT2D eigenvalue weighted by molar-refractivity contribution is 5.69. The van der Waals surface area contributed by atoms with Crippen LogP contribution in [0.5, 0.6) is 0 Å². The standard InChI is InChI=1S/C20H24O4/c1-16(13-19(21)22-2)20(18-11-7-4-8-12-18)24-15-23-14-17-9-5-3-6-10-17/h3-12,16,20H,13-15H2,1-2H3/t16-,20-/m0/s1. The largest absolute Gasteiger partial charge is 0.469 e. The average molecular weight is 328 g/mol. The van der Waals surface area contributed by atoms with Gasteiger partial charge >= 0.3 is 5.97 Å². The molecule has 0 aromatic heterocycles. The SMILES string of the molecule is COC(=O)C[C@H](C)[C@H](OCOCc1ccccc1)c1ccccc1. The van der Waals surface area contributed by atoms with E-state index in [4.69, 9.17) is 14.2 Å². The highest BCUT2D eigenvalue weighted by atomic mass is 16.7. The Morgan fingerprint density at radius 3 is 2.25 bits per heavy atom. The van der Waals surface area contributed by atoms with Gasteiger partial charge in [-0.05, 0) is 17.0 Å². The fraction of sp³-hybridized carbons (Fsp3) is 0.350. The third-order valence-electron chi connectivity index (χ3n) is 3.80. The van der Waals surface area contributed by atoms with Crippen LogP contribution in [0.25, 0.3) is 0 Å². The number of hydrogen-bond acceptors (Lipinski definition) is 4. The highest BCUT2D eigenvalue weighted by Gasteiger charge is 2.23. The first-order valence-electron chi connectivity index (χ1n) is 8.05. The molecule has 0 unspecified atom stereocenters. The van der Waals surface area contributed by atoms with E-state index in [2.05, 4.69) is 0 Å². The van der Waals surface area contributed by atoms with Crippen molar-refractivity contribution in [2.45, 2.75) is 26.1 Å². The van der Waals surface area contributed by atoms with E-state index in [1.165, 1.54) is 7.11 Å². The van der Waals surface area contributed by atoms with Crippen molar-refractivity contribution in [3.63, 3.8) is 0 Å². The quantitative estimate of drug-likeness (QED) is 0.395. The van der Waals surface area contributed by atoms with Gasteiger partial charge in [-0.25, -0.2) is 0 Å². The van der Waals surface area contributed by atoms with Crippen molar-refractivity contribution in [2.24, 2.45) is 5.92 Å². The molecular weight excluding hydrogens is 304 g/mol. The minimum atomic E-state index is -0.239. The number of methoxy groups -OCH3 is 1. The third kappa shape index (κ3) is 5.80. The maximum atomic E-state index is 11.6. The Bertz CT molecular complexity index is 598. The lowest BCUT2D eigenvalue weighted by Gasteiger charge is -2.24. The number of carbonyl (C=O) groups excluding carboxylic acids is 1. The minimum absolute atomic E-state index is 0.0137. The van der Waals surface area contributed by atoms with E-state index in [0.29, 0.717) is 13.0 Å². The van der Waals surface area contributed by atoms with Crippen LogP contribution >= 0.6 is 0 Å². The van der Waals surface area contributed by atoms with Gasteiger partial charge in [0, 0.05) is 0 Å². The second kappa shape index (κ2) is 9.85. The number of rotatable bonds is 9. The predicted octanol–water partition coefficient (Wildman–Crippen LogP) is 4.12. The summed E-state index contributed by atoms with van der Waals surface area (Å²) in [5.74, 6) is -0.252. The molecule has 0 saturated carbocycles. The van der Waals surface area contributed by atoms with Gasteiger partial charge in [0.15, 0.2) is 0 Å². The van der Waals surface area contributed by atoms with Crippen molar-refractivity contribution in [2.75, 3.05) is 13.9 Å². The molecule has 128 valence electrons. The average Bonchev–Trinajstić information content (AvgIpc) is 2.63. The van der Waals surface area contributed by atoms with Crippen molar-refractivity contribution in [1.29, 1.82) is 0 Å². The molecule has 0 aliphatic carbocycles. The molecule has 2 aromatic carbocycles. The molecule has 0 N–H and O–H groups in total. The smallest absolute Gasteiger partial charge is 0.305 e. The van der Waals surface area contributed by atoms with E-state index in [-0.39, 0.29) is 24.8 Å². The molecule has 2 aromatic rings. The van der Waals surface area contributed by atoms with Gasteiger partial charge in [0.25, 0.3) is 0 Å². The second-order valence-electron chi connectivity index (χ2n) is 5.71. The zero-order valence-corrected chi connectivity index (χ0v) is 14.2. The van der Waals surface area contributed by atoms with Crippen molar-refractivity contribution in [1.82, 2.24) is 0 Å². The van der Waals surface area contributed by atoms with Crippen molar-refractivity contribution in [3.05, 3.63) is 71.8 Å². The Morgan fingerprint density at radius 2 is 1.62 bits per heavy atom. The topological polar surface area (TPSA) is 44.8 Å². The Morgan fingerprint density at radius 1 is 1.00 bits per heavy atom. The van der Waals surface area contributed by atoms with Crippen LogP contribution in [0, 0.1) is 5.92 Å². The number of esters is 1. The summed E-state index contributed by atoms with van der Waals surface area (Å²) in [6.07, 6.45) is 0.0791. The summed E-state index contributed by atoms with van der Waals surface area (Å²) in [7, 11) is 1.40. The van der Waals surface area contributed by atoms with Crippen LogP contribution in [0.2, 0.25) is 0 Å². The van der Waals surface area contributed by atoms with E-state index >= 15 is 0 Å². The first-order valence-corrected chi connectivity index (χ1v) is 8.05. The van der Waals surface area contributed by atoms with Crippen molar-refractivity contribution in [3.8, 4) is 0 Å². The van der Waals surface area contributed by atoms with Gasteiger partial charge in [-0.15, -0.1) is 0 Å². The van der Waals surface area contributed by atoms with Gasteiger partial charge in [0.05, 0.1) is 26.2 Å². The molecule has 0 amide bonds. The van der Waals surface area contributed by atoms with E-state index in [1.54, 1.807) is 0 Å². The van der Waals surface area contributed by atoms with Crippen LogP contribution in [0.15, 0.2) is 60.7 Å². The van der Waals surface area contributed by atoms with Gasteiger partial charge in [0.2, 0.25) is 0 Å². The highest BCUT2D eigenvalue weighted by Crippen LogP contribution is 2.28. The number of hydrogen-bond donors (Lipinski definition) is 0. The predicted molar refractivity (Wildman–Crippen MR) is 92.2 cm³/mol. The van der Waals surface area contributed by atoms with Gasteiger partial charge < -0.3 is 14.2 Å². The summed E-state index contributed by atoms with van der Waals surface area (Å²) >= 11 is 0. The molecule has 24 heavy (non-hydrogen) atoms. The molecular formula is C20H24O4. The van der Waals surface area contributed by atoms with Crippen LogP contribution < -0.4 is 0 Å². The lowest BCUT2D eigenvalue weighted by Crippen LogP contribution is -2.19. The van der Waals surface area contributed by atoms with Gasteiger partial charge in [0.1, 0.15) is 6.79 Å². The number of carbonyl (C=O) groups is 1. The lowest BCUT2D eigenvalue weighted by atomic mass is 9.94. The summed E-state index contributed by atoms with van der Waals surface area (Å²) in [6.45, 7) is 2.64. The Kier molecular flexibility index (Phi) is 7.46. The van der Waals surface area contributed by atoms with E-state index < -0.39 is 0 Å². The Labute approximate surface area is 143 Å². The van der Waals surface area contributed by atoms with Crippen molar-refractivity contribution < 1.29 is 19.0 Å². The van der Waals surface area contributed by atoms with E-state index in [1.807, 2.05) is 67.6 Å². The van der Waals surface area contributed by atoms with E-state index in [9.17, 15) is 4.79 Å². The molecule has 0 aliphatic heterocycles. The van der Waals surface area contributed by atoms with Gasteiger partial charge in [-0.2, -0.15) is 0 Å². The van der Waals surface area contributed by atoms with Crippen LogP contribution in [0.4, 0.5) is 0 Å². The number of benzene rings is 2. The molecule has 0 saturated heterocycles. The second-order valence-corrected chi connectivity index (χ2v) is 5.71. The summed E-state index contributed by atoms with van der Waals surface area (Å²) < 4.78 is 16.3. The number of ether oxygens (including phenoxy) is 3. The minimum Gasteiger partial charge on any atom is -0.469 e. The third-order valence-corrected chi connectivity index (χ3v) is 3.80. The van der Waals surface area contributed by atoms with E-state index in [0.717, 1.165) is 11.1 Å². The molecule has 4 nitrogen and oxygen atoms in total. The first-order chi connectivity index (χ1) is 11.7. The molecule has 0 fully saturated rings. The monoisotopic (exact) mass is 328 g/mol. The molecule has 0 heterocycles. The zero-order chi connectivity index (χ0) is 17.2. The fourth-order valence-corrected chi connectivity index (χ4v) is 2.54. The summed E-state index contributed by atoms with van der Waals surface area (Å²) in [4.78, 5) is 11.6. The normalized spacial score (nSPS) is 13.2. The van der Waals surface area contributed by atoms with Crippen LogP contribution in [-0.4, -0.2) is 19.9 Å². The molecule has 2 atom stereocenters. The molecule has 4 heteroatoms. The maximum absolute atomic E-state index is 11.6. The zero-order valence-electron chi connectivity index (χ0n) is 14.2. The van der Waals surface area contributed by atoms with Gasteiger partial charge in [-0.1, -0.05) is 67.6 Å². The summed E-state index contributed by atoms with van der Waals surface area (Å²) in [5.41, 5.74) is 2.12. The molecule has 0 bridgehead atoms. The van der Waals surface area contributed by atoms with Crippen molar-refractivity contribution >= 4 is 5.97 Å². The Balaban J connectivity index is 1.92. The summed E-state index contributed by atoms with van der Waals surface area (Å²) in [6, 6.07) is 19.8. The molecule has 0 aliphatic rings. The lowest BCUT2D eigenvalue weighted by molar-refractivity contribution is -0.146. The van der Waals surface area contributed by atoms with Gasteiger partial charge in [-0.3, -0.25) is 4.79 Å². The Hall–Kier alpha value is -2.17. The molecule has 0 spiro atoms. The maximum Gasteiger partial charge on any atom is 0.305 e.